The summed E-state index contributed by atoms with van der Waals surface area (Å²) in [5, 5.41) is 9.89. The average molecular weight is 164 g/mol. The van der Waals surface area contributed by atoms with E-state index in [1.807, 2.05) is 0 Å². The van der Waals surface area contributed by atoms with Crippen LogP contribution in [-0.4, -0.2) is 0 Å². The van der Waals surface area contributed by atoms with Crippen molar-refractivity contribution in [2.45, 2.75) is 0 Å². The van der Waals surface area contributed by atoms with Crippen molar-refractivity contribution in [3.63, 3.8) is 0 Å². The summed E-state index contributed by atoms with van der Waals surface area (Å²) in [6.07, 6.45) is 0. The van der Waals surface area contributed by atoms with Crippen molar-refractivity contribution in [3.05, 3.63) is 28.8 Å². The quantitative estimate of drug-likeness (QED) is 0.524. The summed E-state index contributed by atoms with van der Waals surface area (Å²) >= 11 is 5.10. The van der Waals surface area contributed by atoms with Gasteiger partial charge in [-0.05, 0) is 0 Å². The molecule has 10 heavy (non-hydrogen) atoms. The minimum Gasteiger partial charge on any atom is -0.290 e. The van der Waals surface area contributed by atoms with Gasteiger partial charge in [-0.15, -0.1) is 0 Å². The summed E-state index contributed by atoms with van der Waals surface area (Å²) in [5.74, 6) is -3.03. The Hall–Kier alpha value is -0.830. The lowest BCUT2D eigenvalue weighted by atomic mass is 10.3. The number of rotatable bonds is 0. The van der Waals surface area contributed by atoms with Crippen LogP contribution in [0.1, 0.15) is 0 Å². The molecule has 1 aromatic carbocycles. The van der Waals surface area contributed by atoms with E-state index in [9.17, 15) is 13.9 Å². The third-order valence-corrected chi connectivity index (χ3v) is 1.23. The number of hydrogen-bond donors (Lipinski definition) is 0. The van der Waals surface area contributed by atoms with E-state index in [1.54, 1.807) is 0 Å². The predicted octanol–water partition coefficient (Wildman–Crippen LogP) is 2.76. The number of hydrogen-bond acceptors (Lipinski definition) is 0. The van der Waals surface area contributed by atoms with Gasteiger partial charge in [0, 0.05) is 12.1 Å². The van der Waals surface area contributed by atoms with Crippen LogP contribution in [0.25, 0.3) is 0 Å². The molecule has 0 unspecified atom stereocenters. The first-order valence-corrected chi connectivity index (χ1v) is 2.80. The molecule has 0 heterocycles. The molecule has 0 saturated heterocycles. The Labute approximate surface area is 60.9 Å². The van der Waals surface area contributed by atoms with Gasteiger partial charge in [0.05, 0.1) is 5.02 Å². The minimum absolute atomic E-state index is 0.481. The molecule has 1 rings (SSSR count). The van der Waals surface area contributed by atoms with Gasteiger partial charge in [-0.1, -0.05) is 11.6 Å². The lowest BCUT2D eigenvalue weighted by Gasteiger charge is -1.93. The van der Waals surface area contributed by atoms with Crippen LogP contribution in [0, 0.1) is 11.6 Å². The van der Waals surface area contributed by atoms with Crippen molar-refractivity contribution in [3.8, 4) is 5.75 Å². The first-order chi connectivity index (χ1) is 4.61. The third-order valence-electron chi connectivity index (χ3n) is 0.957. The van der Waals surface area contributed by atoms with Gasteiger partial charge in [0.1, 0.15) is 0 Å². The van der Waals surface area contributed by atoms with Gasteiger partial charge in [-0.3, -0.25) is 5.11 Å². The van der Waals surface area contributed by atoms with Crippen LogP contribution in [0.5, 0.6) is 5.75 Å². The summed E-state index contributed by atoms with van der Waals surface area (Å²) in [5.41, 5.74) is 0. The van der Waals surface area contributed by atoms with Crippen LogP contribution in [0.2, 0.25) is 5.02 Å². The Kier molecular flexibility index (Phi) is 1.76. The molecule has 0 fully saturated rings. The van der Waals surface area contributed by atoms with Crippen LogP contribution in [-0.2, 0) is 5.11 Å². The highest BCUT2D eigenvalue weighted by atomic mass is 35.5. The molecule has 1 aromatic rings. The fraction of sp³-hybridized carbons (Fsp3) is 0. The summed E-state index contributed by atoms with van der Waals surface area (Å²) in [6, 6.07) is 1.36. The fourth-order valence-electron chi connectivity index (χ4n) is 0.532. The molecular formula is C6H2ClF2O. The Morgan fingerprint density at radius 3 is 2.40 bits per heavy atom. The van der Waals surface area contributed by atoms with Crippen LogP contribution in [0.3, 0.4) is 0 Å². The van der Waals surface area contributed by atoms with Gasteiger partial charge in [0.25, 0.3) is 0 Å². The molecule has 0 amide bonds. The van der Waals surface area contributed by atoms with E-state index < -0.39 is 22.4 Å². The average Bonchev–Trinajstić information content (AvgIpc) is 1.82. The van der Waals surface area contributed by atoms with Crippen LogP contribution in [0.15, 0.2) is 12.1 Å². The van der Waals surface area contributed by atoms with Gasteiger partial charge in [0.2, 0.25) is 0 Å². The maximum absolute atomic E-state index is 12.3. The second-order valence-electron chi connectivity index (χ2n) is 1.70. The van der Waals surface area contributed by atoms with Gasteiger partial charge in [-0.25, -0.2) is 8.78 Å². The molecule has 0 saturated carbocycles. The summed E-state index contributed by atoms with van der Waals surface area (Å²) in [6.45, 7) is 0. The summed E-state index contributed by atoms with van der Waals surface area (Å²) in [4.78, 5) is 0. The first kappa shape index (κ1) is 7.28. The van der Waals surface area contributed by atoms with Gasteiger partial charge in [-0.2, -0.15) is 0 Å². The van der Waals surface area contributed by atoms with Crippen LogP contribution < -0.4 is 0 Å². The van der Waals surface area contributed by atoms with Crippen LogP contribution in [0.4, 0.5) is 8.78 Å². The molecule has 0 aliphatic carbocycles. The molecule has 0 N–H and O–H groups in total. The topological polar surface area (TPSA) is 19.9 Å². The zero-order valence-corrected chi connectivity index (χ0v) is 5.45. The monoisotopic (exact) mass is 163 g/mol. The molecule has 4 heteroatoms. The van der Waals surface area contributed by atoms with E-state index in [1.165, 1.54) is 0 Å². The van der Waals surface area contributed by atoms with Gasteiger partial charge < -0.3 is 0 Å². The molecule has 1 radical (unpaired) electrons. The molecule has 53 valence electrons. The normalized spacial score (nSPS) is 9.90. The minimum atomic E-state index is -1.21. The van der Waals surface area contributed by atoms with Crippen molar-refractivity contribution >= 4 is 11.6 Å². The highest BCUT2D eigenvalue weighted by Crippen LogP contribution is 2.23. The standard InChI is InChI=1S/C6H2ClF2O/c7-4-1-3(10)2-5(8)6(4)9/h1-2H. The van der Waals surface area contributed by atoms with Crippen molar-refractivity contribution in [2.75, 3.05) is 0 Å². The second kappa shape index (κ2) is 2.42. The zero-order valence-electron chi connectivity index (χ0n) is 4.70. The SMILES string of the molecule is [O]c1cc(F)c(F)c(Cl)c1. The largest absolute Gasteiger partial charge is 0.290 e. The molecular weight excluding hydrogens is 162 g/mol. The molecule has 0 aliphatic heterocycles. The number of halogens is 3. The third kappa shape index (κ3) is 1.19. The van der Waals surface area contributed by atoms with E-state index in [2.05, 4.69) is 0 Å². The highest BCUT2D eigenvalue weighted by molar-refractivity contribution is 6.30. The lowest BCUT2D eigenvalue weighted by Crippen LogP contribution is -1.82. The smallest absolute Gasteiger partial charge is 0.183 e. The van der Waals surface area contributed by atoms with E-state index in [4.69, 9.17) is 11.6 Å². The fourth-order valence-corrected chi connectivity index (χ4v) is 0.730. The van der Waals surface area contributed by atoms with E-state index in [0.29, 0.717) is 6.07 Å². The van der Waals surface area contributed by atoms with Crippen molar-refractivity contribution in [1.29, 1.82) is 0 Å². The Morgan fingerprint density at radius 1 is 1.30 bits per heavy atom. The predicted molar refractivity (Wildman–Crippen MR) is 31.5 cm³/mol. The maximum atomic E-state index is 12.3. The van der Waals surface area contributed by atoms with E-state index in [0.717, 1.165) is 6.07 Å². The maximum Gasteiger partial charge on any atom is 0.183 e. The molecule has 0 bridgehead atoms. The molecule has 1 nitrogen and oxygen atoms in total. The molecule has 0 spiro atoms. The van der Waals surface area contributed by atoms with Gasteiger partial charge in [0.15, 0.2) is 17.4 Å². The first-order valence-electron chi connectivity index (χ1n) is 2.43. The van der Waals surface area contributed by atoms with Crippen LogP contribution >= 0.6 is 11.6 Å². The van der Waals surface area contributed by atoms with Gasteiger partial charge >= 0.3 is 0 Å². The Balaban J connectivity index is 3.31. The molecule has 0 atom stereocenters. The summed E-state index contributed by atoms with van der Waals surface area (Å²) in [7, 11) is 0. The Morgan fingerprint density at radius 2 is 1.90 bits per heavy atom. The molecule has 0 aliphatic rings. The zero-order chi connectivity index (χ0) is 7.72. The summed E-state index contributed by atoms with van der Waals surface area (Å²) < 4.78 is 24.4. The lowest BCUT2D eigenvalue weighted by molar-refractivity contribution is 0.349. The molecule has 0 aromatic heterocycles. The number of benzene rings is 1. The van der Waals surface area contributed by atoms with E-state index in [-0.39, 0.29) is 0 Å². The Bertz CT molecular complexity index is 239. The van der Waals surface area contributed by atoms with Crippen molar-refractivity contribution < 1.29 is 13.9 Å². The van der Waals surface area contributed by atoms with Crippen molar-refractivity contribution in [1.82, 2.24) is 0 Å². The highest BCUT2D eigenvalue weighted by Gasteiger charge is 2.08. The van der Waals surface area contributed by atoms with E-state index >= 15 is 0 Å². The van der Waals surface area contributed by atoms with Crippen molar-refractivity contribution in [2.24, 2.45) is 0 Å². The second-order valence-corrected chi connectivity index (χ2v) is 2.11.